The average molecular weight is 543 g/mol. The predicted octanol–water partition coefficient (Wildman–Crippen LogP) is 3.33. The summed E-state index contributed by atoms with van der Waals surface area (Å²) in [4.78, 5) is 37.1. The highest BCUT2D eigenvalue weighted by Crippen LogP contribution is 2.53. The minimum Gasteiger partial charge on any atom is -0.463 e. The molecule has 1 saturated carbocycles. The van der Waals surface area contributed by atoms with E-state index in [-0.39, 0.29) is 25.3 Å². The van der Waals surface area contributed by atoms with Crippen molar-refractivity contribution in [3.05, 3.63) is 63.4 Å². The molecule has 0 amide bonds. The Morgan fingerprint density at radius 1 is 1.25 bits per heavy atom. The molecule has 36 heavy (non-hydrogen) atoms. The number of nitrogens with one attached hydrogen (secondary N) is 1. The molecule has 1 heterocycles. The Hall–Kier alpha value is -2.39. The van der Waals surface area contributed by atoms with E-state index >= 15 is 0 Å². The van der Waals surface area contributed by atoms with Gasteiger partial charge in [-0.1, -0.05) is 25.1 Å². The van der Waals surface area contributed by atoms with Crippen LogP contribution in [0.4, 0.5) is 0 Å². The first-order valence-electron chi connectivity index (χ1n) is 11.7. The summed E-state index contributed by atoms with van der Waals surface area (Å²) >= 11 is 6.66. The fourth-order valence-corrected chi connectivity index (χ4v) is 6.53. The highest BCUT2D eigenvalue weighted by molar-refractivity contribution is 7.54. The normalized spacial score (nSPS) is 26.4. The van der Waals surface area contributed by atoms with Crippen LogP contribution in [0, 0.1) is 11.8 Å². The van der Waals surface area contributed by atoms with Gasteiger partial charge in [-0.05, 0) is 39.3 Å². The van der Waals surface area contributed by atoms with Gasteiger partial charge in [0.25, 0.3) is 5.56 Å². The van der Waals surface area contributed by atoms with E-state index in [1.54, 1.807) is 58.0 Å². The summed E-state index contributed by atoms with van der Waals surface area (Å²) in [6, 6.07) is 8.96. The van der Waals surface area contributed by atoms with E-state index in [1.807, 2.05) is 0 Å². The van der Waals surface area contributed by atoms with Crippen LogP contribution in [0.2, 0.25) is 0 Å². The molecule has 12 heteroatoms. The number of aliphatic hydroxyl groups excluding tert-OH is 1. The van der Waals surface area contributed by atoms with Crippen molar-refractivity contribution in [2.75, 3.05) is 12.8 Å². The second-order valence-electron chi connectivity index (χ2n) is 9.51. The Labute approximate surface area is 214 Å². The minimum absolute atomic E-state index is 0.200. The molecule has 2 N–H and O–H groups in total. The monoisotopic (exact) mass is 542 g/mol. The molecule has 2 aromatic rings. The maximum absolute atomic E-state index is 13.8. The second-order valence-corrected chi connectivity index (χ2v) is 12.3. The minimum atomic E-state index is -3.89. The molecule has 1 aromatic heterocycles. The van der Waals surface area contributed by atoms with Gasteiger partial charge >= 0.3 is 19.3 Å². The van der Waals surface area contributed by atoms with Gasteiger partial charge in [-0.25, -0.2) is 9.36 Å². The average Bonchev–Trinajstić information content (AvgIpc) is 3.01. The summed E-state index contributed by atoms with van der Waals surface area (Å²) in [5.41, 5.74) is -1.20. The van der Waals surface area contributed by atoms with E-state index in [2.05, 4.69) is 4.98 Å². The van der Waals surface area contributed by atoms with Crippen LogP contribution in [-0.2, 0) is 18.6 Å². The number of esters is 1. The number of carbonyl (C=O) groups is 1. The summed E-state index contributed by atoms with van der Waals surface area (Å²) < 4.78 is 31.8. The van der Waals surface area contributed by atoms with Gasteiger partial charge in [0.1, 0.15) is 5.75 Å². The van der Waals surface area contributed by atoms with E-state index in [9.17, 15) is 24.1 Å². The van der Waals surface area contributed by atoms with Crippen LogP contribution < -0.4 is 15.8 Å². The number of halogens is 1. The van der Waals surface area contributed by atoms with Crippen molar-refractivity contribution in [2.45, 2.75) is 57.2 Å². The zero-order chi connectivity index (χ0) is 26.7. The molecule has 0 aliphatic heterocycles. The van der Waals surface area contributed by atoms with Crippen LogP contribution >= 0.6 is 19.2 Å². The van der Waals surface area contributed by atoms with Crippen LogP contribution in [0.1, 0.15) is 40.2 Å². The topological polar surface area (TPSA) is 137 Å². The van der Waals surface area contributed by atoms with Gasteiger partial charge < -0.3 is 14.4 Å². The molecule has 0 spiro atoms. The zero-order valence-corrected chi connectivity index (χ0v) is 22.3. The van der Waals surface area contributed by atoms with Crippen molar-refractivity contribution in [1.29, 1.82) is 0 Å². The Kier molecular flexibility index (Phi) is 8.88. The number of carbonyl (C=O) groups excluding carboxylic acids is 1. The van der Waals surface area contributed by atoms with Crippen molar-refractivity contribution in [3.63, 3.8) is 0 Å². The van der Waals surface area contributed by atoms with Crippen molar-refractivity contribution in [3.8, 4) is 5.75 Å². The smallest absolute Gasteiger partial charge is 0.380 e. The molecule has 1 unspecified atom stereocenters. The number of aliphatic hydroxyl groups is 1. The number of hydrogen-bond donors (Lipinski definition) is 2. The third kappa shape index (κ3) is 6.68. The number of aromatic nitrogens is 2. The Morgan fingerprint density at radius 2 is 1.92 bits per heavy atom. The Balaban J connectivity index is 1.80. The van der Waals surface area contributed by atoms with Crippen molar-refractivity contribution < 1.29 is 28.3 Å². The van der Waals surface area contributed by atoms with Gasteiger partial charge in [-0.3, -0.25) is 23.7 Å². The van der Waals surface area contributed by atoms with Gasteiger partial charge in [0.05, 0.1) is 41.8 Å². The number of rotatable bonds is 10. The third-order valence-corrected chi connectivity index (χ3v) is 8.62. The molecule has 10 nitrogen and oxygen atoms in total. The van der Waals surface area contributed by atoms with E-state index in [4.69, 9.17) is 25.4 Å². The lowest BCUT2D eigenvalue weighted by Gasteiger charge is -2.29. The van der Waals surface area contributed by atoms with Crippen molar-refractivity contribution in [2.24, 2.45) is 11.8 Å². The molecule has 1 aliphatic carbocycles. The van der Waals surface area contributed by atoms with Crippen molar-refractivity contribution in [1.82, 2.24) is 9.55 Å². The lowest BCUT2D eigenvalue weighted by molar-refractivity contribution is -0.151. The lowest BCUT2D eigenvalue weighted by atomic mass is 10.0. The highest BCUT2D eigenvalue weighted by atomic mass is 35.5. The summed E-state index contributed by atoms with van der Waals surface area (Å²) in [5, 5.41) is 10.9. The van der Waals surface area contributed by atoms with E-state index in [0.29, 0.717) is 5.75 Å². The van der Waals surface area contributed by atoms with Crippen LogP contribution in [-0.4, -0.2) is 50.5 Å². The number of hydrogen-bond acceptors (Lipinski definition) is 8. The number of para-hydroxylation sites is 1. The summed E-state index contributed by atoms with van der Waals surface area (Å²) in [6.45, 7) is 6.40. The van der Waals surface area contributed by atoms with Gasteiger partial charge in [-0.2, -0.15) is 0 Å². The second kappa shape index (κ2) is 11.3. The summed E-state index contributed by atoms with van der Waals surface area (Å²) in [5.74, 6) is -1.61. The maximum atomic E-state index is 13.8. The molecule has 198 valence electrons. The number of H-pyrrole nitrogens is 1. The molecule has 3 rings (SSSR count). The fourth-order valence-electron chi connectivity index (χ4n) is 4.25. The van der Waals surface area contributed by atoms with Gasteiger partial charge in [0.2, 0.25) is 0 Å². The number of alkyl halides is 1. The van der Waals surface area contributed by atoms with E-state index < -0.39 is 53.7 Å². The van der Waals surface area contributed by atoms with Crippen LogP contribution in [0.3, 0.4) is 0 Å². The lowest BCUT2D eigenvalue weighted by Crippen LogP contribution is -2.42. The molecule has 0 saturated heterocycles. The van der Waals surface area contributed by atoms with E-state index in [0.717, 1.165) is 0 Å². The van der Waals surface area contributed by atoms with Gasteiger partial charge in [-0.15, -0.1) is 11.6 Å². The van der Waals surface area contributed by atoms with E-state index in [1.165, 1.54) is 16.8 Å². The first-order valence-corrected chi connectivity index (χ1v) is 13.8. The molecule has 0 bridgehead atoms. The first kappa shape index (κ1) is 28.2. The summed E-state index contributed by atoms with van der Waals surface area (Å²) in [6.07, 6.45) is -0.163. The standard InChI is InChI=1S/C24H32ClN2O8P/c1-15(2)34-22(30)16(3)14-36(32,35-18-8-6-5-7-9-18)33-13-17-12-19(24(4,25)21(17)29)27-11-10-20(28)26-23(27)31/h5-11,15-17,19,21,29H,12-14H2,1-4H3,(H,26,28,31)/t16-,17-,19-,21-,24+,36?/m1/s1. The zero-order valence-electron chi connectivity index (χ0n) is 20.6. The number of benzene rings is 1. The molecular formula is C24H32ClN2O8P. The Bertz CT molecular complexity index is 1210. The number of ether oxygens (including phenoxy) is 1. The van der Waals surface area contributed by atoms with Gasteiger partial charge in [0.15, 0.2) is 0 Å². The first-order chi connectivity index (χ1) is 16.8. The largest absolute Gasteiger partial charge is 0.463 e. The fraction of sp³-hybridized carbons (Fsp3) is 0.542. The molecule has 1 aromatic carbocycles. The SMILES string of the molecule is CC(C)OC(=O)[C@H](C)CP(=O)(OC[C@H]1C[C@@H](n2ccc(=O)[nH]c2=O)[C@](C)(Cl)[C@@H]1O)Oc1ccccc1. The molecular weight excluding hydrogens is 511 g/mol. The third-order valence-electron chi connectivity index (χ3n) is 6.11. The number of aromatic amines is 1. The van der Waals surface area contributed by atoms with Crippen LogP contribution in [0.25, 0.3) is 0 Å². The number of nitrogens with zero attached hydrogens (tertiary/aromatic N) is 1. The molecule has 1 fully saturated rings. The molecule has 1 aliphatic rings. The highest BCUT2D eigenvalue weighted by Gasteiger charge is 2.52. The van der Waals surface area contributed by atoms with Crippen molar-refractivity contribution >= 4 is 25.2 Å². The molecule has 0 radical (unpaired) electrons. The molecule has 6 atom stereocenters. The summed E-state index contributed by atoms with van der Waals surface area (Å²) in [7, 11) is -3.89. The van der Waals surface area contributed by atoms with Crippen LogP contribution in [0.15, 0.2) is 52.2 Å². The maximum Gasteiger partial charge on any atom is 0.380 e. The van der Waals surface area contributed by atoms with Gasteiger partial charge in [0, 0.05) is 18.2 Å². The van der Waals surface area contributed by atoms with Crippen LogP contribution in [0.5, 0.6) is 5.75 Å². The Morgan fingerprint density at radius 3 is 2.53 bits per heavy atom. The predicted molar refractivity (Wildman–Crippen MR) is 135 cm³/mol. The quantitative estimate of drug-likeness (QED) is 0.265.